The van der Waals surface area contributed by atoms with Crippen LogP contribution in [-0.2, 0) is 0 Å². The fourth-order valence-electron chi connectivity index (χ4n) is 3.44. The first-order valence-corrected chi connectivity index (χ1v) is 9.89. The van der Waals surface area contributed by atoms with Crippen molar-refractivity contribution in [3.05, 3.63) is 64.1 Å². The highest BCUT2D eigenvalue weighted by Crippen LogP contribution is 2.26. The van der Waals surface area contributed by atoms with E-state index in [1.54, 1.807) is 7.11 Å². The average molecular weight is 454 g/mol. The topological polar surface area (TPSA) is 41.6 Å². The van der Waals surface area contributed by atoms with Gasteiger partial charge in [0.15, 0.2) is 0 Å². The molecule has 0 radical (unpaired) electrons. The van der Waals surface area contributed by atoms with Gasteiger partial charge in [-0.15, -0.1) is 12.4 Å². The molecule has 1 aliphatic rings. The normalized spacial score (nSPS) is 15.5. The summed E-state index contributed by atoms with van der Waals surface area (Å²) in [6.45, 7) is 2.73. The zero-order valence-electron chi connectivity index (χ0n) is 15.5. The van der Waals surface area contributed by atoms with Crippen molar-refractivity contribution in [1.82, 2.24) is 10.2 Å². The minimum Gasteiger partial charge on any atom is -0.497 e. The van der Waals surface area contributed by atoms with E-state index >= 15 is 0 Å². The smallest absolute Gasteiger partial charge is 0.252 e. The summed E-state index contributed by atoms with van der Waals surface area (Å²) in [5.74, 6) is 0.802. The first-order valence-electron chi connectivity index (χ1n) is 9.10. The van der Waals surface area contributed by atoms with Crippen molar-refractivity contribution in [3.63, 3.8) is 0 Å². The minimum absolute atomic E-state index is 0. The predicted octanol–water partition coefficient (Wildman–Crippen LogP) is 4.84. The van der Waals surface area contributed by atoms with E-state index < -0.39 is 0 Å². The molecule has 1 atom stereocenters. The number of carbonyl (C=O) groups is 1. The van der Waals surface area contributed by atoms with Crippen molar-refractivity contribution in [3.8, 4) is 5.75 Å². The highest BCUT2D eigenvalue weighted by molar-refractivity contribution is 9.10. The SMILES string of the molecule is COc1ccc(C(CNC(=O)c2ccccc2Br)N2CCCCC2)cc1.Cl. The van der Waals surface area contributed by atoms with Crippen molar-refractivity contribution in [2.24, 2.45) is 0 Å². The van der Waals surface area contributed by atoms with E-state index in [2.05, 4.69) is 38.3 Å². The molecule has 1 aliphatic heterocycles. The number of methoxy groups -OCH3 is 1. The van der Waals surface area contributed by atoms with Crippen LogP contribution in [0.15, 0.2) is 53.0 Å². The second kappa shape index (κ2) is 10.7. The van der Waals surface area contributed by atoms with Crippen molar-refractivity contribution >= 4 is 34.2 Å². The lowest BCUT2D eigenvalue weighted by Gasteiger charge is -2.35. The Morgan fingerprint density at radius 3 is 2.41 bits per heavy atom. The zero-order chi connectivity index (χ0) is 18.4. The van der Waals surface area contributed by atoms with E-state index in [4.69, 9.17) is 4.74 Å². The molecule has 1 fully saturated rings. The largest absolute Gasteiger partial charge is 0.497 e. The van der Waals surface area contributed by atoms with E-state index in [0.717, 1.165) is 23.3 Å². The lowest BCUT2D eigenvalue weighted by atomic mass is 10.0. The van der Waals surface area contributed by atoms with Crippen LogP contribution in [-0.4, -0.2) is 37.6 Å². The van der Waals surface area contributed by atoms with Gasteiger partial charge >= 0.3 is 0 Å². The molecule has 0 saturated carbocycles. The molecule has 6 heteroatoms. The molecular weight excluding hydrogens is 428 g/mol. The highest BCUT2D eigenvalue weighted by atomic mass is 79.9. The predicted molar refractivity (Wildman–Crippen MR) is 115 cm³/mol. The van der Waals surface area contributed by atoms with Gasteiger partial charge in [0.2, 0.25) is 0 Å². The Bertz CT molecular complexity index is 733. The van der Waals surface area contributed by atoms with Gasteiger partial charge in [-0.25, -0.2) is 0 Å². The standard InChI is InChI=1S/C21H25BrN2O2.ClH/c1-26-17-11-9-16(10-12-17)20(24-13-5-2-6-14-24)15-23-21(25)18-7-3-4-8-19(18)22;/h3-4,7-12,20H,2,5-6,13-15H2,1H3,(H,23,25);1H. The molecule has 1 amide bonds. The van der Waals surface area contributed by atoms with Gasteiger partial charge in [-0.1, -0.05) is 30.7 Å². The van der Waals surface area contributed by atoms with E-state index in [0.29, 0.717) is 12.1 Å². The Hall–Kier alpha value is -1.56. The molecule has 1 heterocycles. The maximum absolute atomic E-state index is 12.6. The molecule has 0 aromatic heterocycles. The van der Waals surface area contributed by atoms with Crippen LogP contribution in [0, 0.1) is 0 Å². The molecule has 3 rings (SSSR count). The second-order valence-electron chi connectivity index (χ2n) is 6.58. The number of hydrogen-bond acceptors (Lipinski definition) is 3. The summed E-state index contributed by atoms with van der Waals surface area (Å²) in [6.07, 6.45) is 3.71. The third-order valence-electron chi connectivity index (χ3n) is 4.91. The number of hydrogen-bond donors (Lipinski definition) is 1. The summed E-state index contributed by atoms with van der Waals surface area (Å²) >= 11 is 3.46. The summed E-state index contributed by atoms with van der Waals surface area (Å²) in [5, 5.41) is 3.12. The molecule has 0 bridgehead atoms. The first kappa shape index (κ1) is 21.7. The zero-order valence-corrected chi connectivity index (χ0v) is 17.9. The monoisotopic (exact) mass is 452 g/mol. The molecule has 0 aliphatic carbocycles. The number of likely N-dealkylation sites (tertiary alicyclic amines) is 1. The van der Waals surface area contributed by atoms with Crippen LogP contribution in [0.5, 0.6) is 5.75 Å². The summed E-state index contributed by atoms with van der Waals surface area (Å²) in [4.78, 5) is 15.1. The van der Waals surface area contributed by atoms with Gasteiger partial charge in [-0.2, -0.15) is 0 Å². The first-order chi connectivity index (χ1) is 12.7. The summed E-state index contributed by atoms with van der Waals surface area (Å²) in [7, 11) is 1.68. The lowest BCUT2D eigenvalue weighted by molar-refractivity contribution is 0.0923. The number of benzene rings is 2. The number of carbonyl (C=O) groups excluding carboxylic acids is 1. The molecular formula is C21H26BrClN2O2. The Balaban J connectivity index is 0.00000261. The maximum Gasteiger partial charge on any atom is 0.252 e. The Kier molecular flexibility index (Phi) is 8.61. The molecule has 1 unspecified atom stereocenters. The maximum atomic E-state index is 12.6. The number of piperidine rings is 1. The van der Waals surface area contributed by atoms with Crippen molar-refractivity contribution in [2.75, 3.05) is 26.7 Å². The third-order valence-corrected chi connectivity index (χ3v) is 5.60. The number of nitrogens with zero attached hydrogens (tertiary/aromatic N) is 1. The molecule has 1 N–H and O–H groups in total. The van der Waals surface area contributed by atoms with Gasteiger partial charge in [0, 0.05) is 11.0 Å². The van der Waals surface area contributed by atoms with Crippen molar-refractivity contribution in [2.45, 2.75) is 25.3 Å². The molecule has 0 spiro atoms. The summed E-state index contributed by atoms with van der Waals surface area (Å²) < 4.78 is 6.09. The van der Waals surface area contributed by atoms with Gasteiger partial charge in [0.1, 0.15) is 5.75 Å². The number of ether oxygens (including phenoxy) is 1. The summed E-state index contributed by atoms with van der Waals surface area (Å²) in [5.41, 5.74) is 1.87. The van der Waals surface area contributed by atoms with E-state index in [9.17, 15) is 4.79 Å². The van der Waals surface area contributed by atoms with Crippen LogP contribution in [0.2, 0.25) is 0 Å². The Morgan fingerprint density at radius 1 is 1.11 bits per heavy atom. The van der Waals surface area contributed by atoms with Crippen molar-refractivity contribution < 1.29 is 9.53 Å². The van der Waals surface area contributed by atoms with Gasteiger partial charge in [0.25, 0.3) is 5.91 Å². The molecule has 27 heavy (non-hydrogen) atoms. The van der Waals surface area contributed by atoms with Crippen LogP contribution in [0.1, 0.15) is 41.2 Å². The second-order valence-corrected chi connectivity index (χ2v) is 7.43. The van der Waals surface area contributed by atoms with Crippen LogP contribution in [0.25, 0.3) is 0 Å². The third kappa shape index (κ3) is 5.71. The fraction of sp³-hybridized carbons (Fsp3) is 0.381. The Labute approximate surface area is 175 Å². The van der Waals surface area contributed by atoms with E-state index in [1.807, 2.05) is 36.4 Å². The molecule has 146 valence electrons. The molecule has 2 aromatic rings. The van der Waals surface area contributed by atoms with Crippen LogP contribution in [0.3, 0.4) is 0 Å². The quantitative estimate of drug-likeness (QED) is 0.681. The molecule has 1 saturated heterocycles. The van der Waals surface area contributed by atoms with Gasteiger partial charge in [-0.05, 0) is 71.7 Å². The van der Waals surface area contributed by atoms with Gasteiger partial charge in [-0.3, -0.25) is 9.69 Å². The van der Waals surface area contributed by atoms with Gasteiger partial charge < -0.3 is 10.1 Å². The average Bonchev–Trinajstić information content (AvgIpc) is 2.69. The van der Waals surface area contributed by atoms with E-state index in [1.165, 1.54) is 24.8 Å². The Morgan fingerprint density at radius 2 is 1.78 bits per heavy atom. The lowest BCUT2D eigenvalue weighted by Crippen LogP contribution is -2.40. The highest BCUT2D eigenvalue weighted by Gasteiger charge is 2.23. The minimum atomic E-state index is -0.0482. The summed E-state index contributed by atoms with van der Waals surface area (Å²) in [6, 6.07) is 15.9. The van der Waals surface area contributed by atoms with Crippen LogP contribution < -0.4 is 10.1 Å². The fourth-order valence-corrected chi connectivity index (χ4v) is 3.91. The van der Waals surface area contributed by atoms with Crippen LogP contribution >= 0.6 is 28.3 Å². The number of amides is 1. The number of nitrogens with one attached hydrogen (secondary N) is 1. The molecule has 2 aromatic carbocycles. The number of halogens is 2. The van der Waals surface area contributed by atoms with Crippen LogP contribution in [0.4, 0.5) is 0 Å². The number of rotatable bonds is 6. The van der Waals surface area contributed by atoms with E-state index in [-0.39, 0.29) is 24.4 Å². The van der Waals surface area contributed by atoms with Crippen molar-refractivity contribution in [1.29, 1.82) is 0 Å². The van der Waals surface area contributed by atoms with Gasteiger partial charge in [0.05, 0.1) is 18.7 Å². The molecule has 4 nitrogen and oxygen atoms in total.